The van der Waals surface area contributed by atoms with Crippen LogP contribution in [0.3, 0.4) is 0 Å². The first-order valence-electron chi connectivity index (χ1n) is 10.00. The minimum Gasteiger partial charge on any atom is -0.326 e. The fourth-order valence-electron chi connectivity index (χ4n) is 3.46. The monoisotopic (exact) mass is 400 g/mol. The summed E-state index contributed by atoms with van der Waals surface area (Å²) >= 11 is 0. The van der Waals surface area contributed by atoms with Gasteiger partial charge in [-0.15, -0.1) is 0 Å². The van der Waals surface area contributed by atoms with E-state index in [-0.39, 0.29) is 10.8 Å². The van der Waals surface area contributed by atoms with Crippen molar-refractivity contribution >= 4 is 21.6 Å². The van der Waals surface area contributed by atoms with E-state index >= 15 is 0 Å². The number of sulfonamides is 1. The summed E-state index contributed by atoms with van der Waals surface area (Å²) in [7, 11) is -3.45. The van der Waals surface area contributed by atoms with Gasteiger partial charge in [0.2, 0.25) is 15.9 Å². The first-order chi connectivity index (χ1) is 13.6. The van der Waals surface area contributed by atoms with Crippen LogP contribution in [0.2, 0.25) is 0 Å². The summed E-state index contributed by atoms with van der Waals surface area (Å²) in [5.41, 5.74) is 1.85. The highest BCUT2D eigenvalue weighted by Gasteiger charge is 2.24. The van der Waals surface area contributed by atoms with Crippen molar-refractivity contribution in [1.82, 2.24) is 4.31 Å². The minimum atomic E-state index is -3.45. The molecule has 0 atom stereocenters. The smallest absolute Gasteiger partial charge is 0.243 e. The third kappa shape index (κ3) is 5.66. The minimum absolute atomic E-state index is 0.0564. The number of nitrogens with zero attached hydrogens (tertiary/aromatic N) is 1. The van der Waals surface area contributed by atoms with E-state index < -0.39 is 10.0 Å². The van der Waals surface area contributed by atoms with E-state index in [0.717, 1.165) is 38.5 Å². The fraction of sp³-hybridized carbons (Fsp3) is 0.409. The van der Waals surface area contributed by atoms with E-state index in [1.807, 2.05) is 18.2 Å². The van der Waals surface area contributed by atoms with Crippen molar-refractivity contribution in [2.24, 2.45) is 0 Å². The summed E-state index contributed by atoms with van der Waals surface area (Å²) in [6, 6.07) is 16.6. The van der Waals surface area contributed by atoms with Gasteiger partial charge >= 0.3 is 0 Å². The van der Waals surface area contributed by atoms with Crippen LogP contribution in [0.15, 0.2) is 59.5 Å². The lowest BCUT2D eigenvalue weighted by atomic mass is 10.1. The summed E-state index contributed by atoms with van der Waals surface area (Å²) in [6.07, 6.45) is 6.07. The summed E-state index contributed by atoms with van der Waals surface area (Å²) in [4.78, 5) is 12.4. The molecular formula is C22H28N2O3S. The molecule has 1 aliphatic heterocycles. The molecule has 0 aliphatic carbocycles. The van der Waals surface area contributed by atoms with Gasteiger partial charge in [-0.25, -0.2) is 8.42 Å². The molecule has 1 saturated heterocycles. The SMILES string of the molecule is O=C(CCCc1ccccc1)Nc1ccc(S(=O)(=O)N2CCCCCC2)cc1. The van der Waals surface area contributed by atoms with Crippen LogP contribution < -0.4 is 5.32 Å². The van der Waals surface area contributed by atoms with Crippen LogP contribution >= 0.6 is 0 Å². The highest BCUT2D eigenvalue weighted by atomic mass is 32.2. The molecule has 1 heterocycles. The molecule has 28 heavy (non-hydrogen) atoms. The zero-order chi connectivity index (χ0) is 19.8. The second-order valence-electron chi connectivity index (χ2n) is 7.23. The van der Waals surface area contributed by atoms with Crippen molar-refractivity contribution in [3.63, 3.8) is 0 Å². The maximum atomic E-state index is 12.8. The van der Waals surface area contributed by atoms with Gasteiger partial charge in [0, 0.05) is 25.2 Å². The van der Waals surface area contributed by atoms with Crippen molar-refractivity contribution in [3.8, 4) is 0 Å². The molecule has 1 amide bonds. The highest BCUT2D eigenvalue weighted by Crippen LogP contribution is 2.22. The molecule has 3 rings (SSSR count). The Hall–Kier alpha value is -2.18. The Morgan fingerprint density at radius 2 is 1.54 bits per heavy atom. The van der Waals surface area contributed by atoms with E-state index in [1.165, 1.54) is 5.56 Å². The zero-order valence-electron chi connectivity index (χ0n) is 16.1. The summed E-state index contributed by atoms with van der Waals surface area (Å²) in [5.74, 6) is -0.0564. The molecule has 6 heteroatoms. The Kier molecular flexibility index (Phi) is 7.23. The molecular weight excluding hydrogens is 372 g/mol. The molecule has 1 N–H and O–H groups in total. The molecule has 0 aromatic heterocycles. The van der Waals surface area contributed by atoms with Crippen LogP contribution in [0.5, 0.6) is 0 Å². The van der Waals surface area contributed by atoms with E-state index in [1.54, 1.807) is 28.6 Å². The lowest BCUT2D eigenvalue weighted by Crippen LogP contribution is -2.31. The number of rotatable bonds is 7. The number of hydrogen-bond donors (Lipinski definition) is 1. The lowest BCUT2D eigenvalue weighted by Gasteiger charge is -2.20. The average molecular weight is 401 g/mol. The molecule has 0 spiro atoms. The van der Waals surface area contributed by atoms with E-state index in [0.29, 0.717) is 25.2 Å². The molecule has 1 fully saturated rings. The maximum absolute atomic E-state index is 12.8. The van der Waals surface area contributed by atoms with Gasteiger partial charge < -0.3 is 5.32 Å². The number of carbonyl (C=O) groups excluding carboxylic acids is 1. The van der Waals surface area contributed by atoms with Gasteiger partial charge in [-0.2, -0.15) is 4.31 Å². The van der Waals surface area contributed by atoms with Crippen molar-refractivity contribution in [2.45, 2.75) is 49.8 Å². The molecule has 0 unspecified atom stereocenters. The summed E-state index contributed by atoms with van der Waals surface area (Å²) in [5, 5.41) is 2.85. The third-order valence-electron chi connectivity index (χ3n) is 5.05. The molecule has 150 valence electrons. The van der Waals surface area contributed by atoms with Gasteiger partial charge in [0.25, 0.3) is 0 Å². The molecule has 1 aliphatic rings. The third-order valence-corrected chi connectivity index (χ3v) is 6.97. The van der Waals surface area contributed by atoms with Gasteiger partial charge in [0.15, 0.2) is 0 Å². The number of carbonyl (C=O) groups is 1. The zero-order valence-corrected chi connectivity index (χ0v) is 17.0. The number of hydrogen-bond acceptors (Lipinski definition) is 3. The predicted octanol–water partition coefficient (Wildman–Crippen LogP) is 4.21. The van der Waals surface area contributed by atoms with E-state index in [9.17, 15) is 13.2 Å². The number of nitrogens with one attached hydrogen (secondary N) is 1. The molecule has 2 aromatic carbocycles. The average Bonchev–Trinajstić information content (AvgIpc) is 2.99. The Balaban J connectivity index is 1.52. The van der Waals surface area contributed by atoms with Crippen LogP contribution in [0.1, 0.15) is 44.1 Å². The Labute approximate surface area is 167 Å². The summed E-state index contributed by atoms with van der Waals surface area (Å²) < 4.78 is 27.2. The normalized spacial score (nSPS) is 15.7. The second-order valence-corrected chi connectivity index (χ2v) is 9.17. The molecule has 0 bridgehead atoms. The first kappa shape index (κ1) is 20.6. The second kappa shape index (κ2) is 9.85. The largest absolute Gasteiger partial charge is 0.326 e. The number of amides is 1. The topological polar surface area (TPSA) is 66.5 Å². The van der Waals surface area contributed by atoms with Crippen molar-refractivity contribution < 1.29 is 13.2 Å². The summed E-state index contributed by atoms with van der Waals surface area (Å²) in [6.45, 7) is 1.17. The van der Waals surface area contributed by atoms with E-state index in [4.69, 9.17) is 0 Å². The first-order valence-corrected chi connectivity index (χ1v) is 11.4. The van der Waals surface area contributed by atoms with Crippen molar-refractivity contribution in [2.75, 3.05) is 18.4 Å². The predicted molar refractivity (Wildman–Crippen MR) is 112 cm³/mol. The van der Waals surface area contributed by atoms with Gasteiger partial charge in [0.1, 0.15) is 0 Å². The molecule has 5 nitrogen and oxygen atoms in total. The molecule has 2 aromatic rings. The van der Waals surface area contributed by atoms with Gasteiger partial charge in [-0.3, -0.25) is 4.79 Å². The van der Waals surface area contributed by atoms with Crippen LogP contribution in [0, 0.1) is 0 Å². The van der Waals surface area contributed by atoms with Gasteiger partial charge in [0.05, 0.1) is 4.90 Å². The lowest BCUT2D eigenvalue weighted by molar-refractivity contribution is -0.116. The van der Waals surface area contributed by atoms with Crippen LogP contribution in [0.25, 0.3) is 0 Å². The van der Waals surface area contributed by atoms with E-state index in [2.05, 4.69) is 17.4 Å². The molecule has 0 saturated carbocycles. The van der Waals surface area contributed by atoms with Crippen LogP contribution in [0.4, 0.5) is 5.69 Å². The Morgan fingerprint density at radius 3 is 2.18 bits per heavy atom. The molecule has 0 radical (unpaired) electrons. The fourth-order valence-corrected chi connectivity index (χ4v) is 4.98. The Bertz CT molecular complexity index is 856. The van der Waals surface area contributed by atoms with Crippen molar-refractivity contribution in [1.29, 1.82) is 0 Å². The number of benzene rings is 2. The van der Waals surface area contributed by atoms with Crippen molar-refractivity contribution in [3.05, 3.63) is 60.2 Å². The van der Waals surface area contributed by atoms with Crippen LogP contribution in [-0.2, 0) is 21.2 Å². The Morgan fingerprint density at radius 1 is 0.893 bits per heavy atom. The standard InChI is InChI=1S/C22H28N2O3S/c25-22(12-8-11-19-9-4-3-5-10-19)23-20-13-15-21(16-14-20)28(26,27)24-17-6-1-2-7-18-24/h3-5,9-10,13-16H,1-2,6-8,11-12,17-18H2,(H,23,25). The highest BCUT2D eigenvalue weighted by molar-refractivity contribution is 7.89. The van der Waals surface area contributed by atoms with Gasteiger partial charge in [-0.1, -0.05) is 43.2 Å². The number of aryl methyl sites for hydroxylation is 1. The number of anilines is 1. The van der Waals surface area contributed by atoms with Gasteiger partial charge in [-0.05, 0) is 55.5 Å². The van der Waals surface area contributed by atoms with Crippen LogP contribution in [-0.4, -0.2) is 31.7 Å². The maximum Gasteiger partial charge on any atom is 0.243 e. The quantitative estimate of drug-likeness (QED) is 0.757.